The van der Waals surface area contributed by atoms with E-state index in [-0.39, 0.29) is 31.6 Å². The number of benzene rings is 2. The maximum absolute atomic E-state index is 10.0. The van der Waals surface area contributed by atoms with E-state index in [1.807, 2.05) is 36.4 Å². The van der Waals surface area contributed by atoms with Gasteiger partial charge in [-0.15, -0.1) is 35.4 Å². The Kier molecular flexibility index (Phi) is 8.20. The quantitative estimate of drug-likeness (QED) is 0.298. The second-order valence-electron chi connectivity index (χ2n) is 5.57. The molecule has 3 rings (SSSR count). The van der Waals surface area contributed by atoms with Crippen molar-refractivity contribution in [1.82, 2.24) is 4.98 Å². The Bertz CT molecular complexity index is 884. The van der Waals surface area contributed by atoms with E-state index in [0.29, 0.717) is 0 Å². The molecule has 3 nitrogen and oxygen atoms in total. The monoisotopic (exact) mass is 511 g/mol. The third-order valence-electron chi connectivity index (χ3n) is 3.24. The van der Waals surface area contributed by atoms with Crippen LogP contribution in [0.5, 0.6) is 0 Å². The van der Waals surface area contributed by atoms with Gasteiger partial charge in [-0.3, -0.25) is 9.78 Å². The summed E-state index contributed by atoms with van der Waals surface area (Å²) >= 11 is 0. The fraction of sp³-hybridized carbons (Fsp3) is 0.143. The molecule has 0 bridgehead atoms. The van der Waals surface area contributed by atoms with Crippen molar-refractivity contribution in [2.75, 3.05) is 0 Å². The van der Waals surface area contributed by atoms with E-state index in [0.717, 1.165) is 16.8 Å². The number of hydrogen-bond donors (Lipinski definition) is 1. The largest absolute Gasteiger partial charge is 0.512 e. The summed E-state index contributed by atoms with van der Waals surface area (Å²) in [7, 11) is 0. The summed E-state index contributed by atoms with van der Waals surface area (Å²) in [6.07, 6.45) is 1.17. The molecule has 4 heteroatoms. The first-order valence-corrected chi connectivity index (χ1v) is 7.68. The average Bonchev–Trinajstić information content (AvgIpc) is 2.54. The summed E-state index contributed by atoms with van der Waals surface area (Å²) in [6.45, 7) is 4.93. The minimum absolute atomic E-state index is 0. The first-order chi connectivity index (χ1) is 11.5. The van der Waals surface area contributed by atoms with Crippen LogP contribution in [0.3, 0.4) is 0 Å². The number of aryl methyl sites for hydroxylation is 1. The van der Waals surface area contributed by atoms with Crippen LogP contribution in [0, 0.1) is 13.0 Å². The molecule has 131 valence electrons. The molecule has 0 aliphatic rings. The second kappa shape index (κ2) is 9.87. The molecule has 0 aliphatic heterocycles. The van der Waals surface area contributed by atoms with Crippen molar-refractivity contribution in [3.63, 3.8) is 0 Å². The molecule has 0 saturated heterocycles. The van der Waals surface area contributed by atoms with Gasteiger partial charge in [0.1, 0.15) is 0 Å². The second-order valence-corrected chi connectivity index (χ2v) is 5.57. The molecule has 0 aliphatic carbocycles. The van der Waals surface area contributed by atoms with Gasteiger partial charge in [-0.2, -0.15) is 0 Å². The van der Waals surface area contributed by atoms with Crippen molar-refractivity contribution in [2.24, 2.45) is 0 Å². The molecule has 0 amide bonds. The number of carbonyl (C=O) groups is 1. The van der Waals surface area contributed by atoms with Crippen LogP contribution >= 0.6 is 0 Å². The molecule has 0 unspecified atom stereocenters. The van der Waals surface area contributed by atoms with E-state index in [4.69, 9.17) is 5.11 Å². The predicted octanol–water partition coefficient (Wildman–Crippen LogP) is 5.05. The molecule has 0 saturated carbocycles. The number of ketones is 1. The molecule has 1 N–H and O–H groups in total. The van der Waals surface area contributed by atoms with Gasteiger partial charge in [0.05, 0.1) is 11.3 Å². The number of carbonyl (C=O) groups excluding carboxylic acids is 1. The summed E-state index contributed by atoms with van der Waals surface area (Å²) in [6, 6.07) is 21.6. The van der Waals surface area contributed by atoms with Crippen molar-refractivity contribution in [3.05, 3.63) is 78.1 Å². The summed E-state index contributed by atoms with van der Waals surface area (Å²) in [5, 5.41) is 9.53. The van der Waals surface area contributed by atoms with Crippen LogP contribution in [0.25, 0.3) is 22.2 Å². The number of para-hydroxylation sites is 1. The molecule has 25 heavy (non-hydrogen) atoms. The Balaban J connectivity index is 0.000000339. The van der Waals surface area contributed by atoms with E-state index >= 15 is 0 Å². The molecule has 1 aromatic heterocycles. The third kappa shape index (κ3) is 6.61. The number of rotatable bonds is 2. The number of allylic oxidation sites excluding steroid dienone is 2. The minimum Gasteiger partial charge on any atom is -0.512 e. The Morgan fingerprint density at radius 2 is 1.84 bits per heavy atom. The normalized spacial score (nSPS) is 10.4. The van der Waals surface area contributed by atoms with Gasteiger partial charge in [0.2, 0.25) is 0 Å². The molecule has 2 aromatic carbocycles. The molecule has 3 aromatic rings. The first-order valence-electron chi connectivity index (χ1n) is 7.68. The van der Waals surface area contributed by atoms with Gasteiger partial charge in [0, 0.05) is 26.2 Å². The van der Waals surface area contributed by atoms with Crippen molar-refractivity contribution in [2.45, 2.75) is 20.8 Å². The molecule has 0 atom stereocenters. The SMILES string of the molecule is CC(=O)C=C(C)O.Cc1cc[c-]c(-c2ccc3ccccc3n2)c1.[Ir]. The van der Waals surface area contributed by atoms with E-state index in [2.05, 4.69) is 36.2 Å². The zero-order chi connectivity index (χ0) is 17.5. The zero-order valence-electron chi connectivity index (χ0n) is 14.4. The van der Waals surface area contributed by atoms with E-state index in [1.165, 1.54) is 30.9 Å². The Morgan fingerprint density at radius 1 is 1.12 bits per heavy atom. The van der Waals surface area contributed by atoms with Crippen molar-refractivity contribution >= 4 is 16.7 Å². The topological polar surface area (TPSA) is 50.2 Å². The molecule has 1 radical (unpaired) electrons. The Labute approximate surface area is 161 Å². The molecule has 0 fully saturated rings. The van der Waals surface area contributed by atoms with Gasteiger partial charge >= 0.3 is 0 Å². The molecule has 0 spiro atoms. The van der Waals surface area contributed by atoms with Crippen LogP contribution < -0.4 is 0 Å². The van der Waals surface area contributed by atoms with Gasteiger partial charge in [-0.1, -0.05) is 37.3 Å². The predicted molar refractivity (Wildman–Crippen MR) is 97.8 cm³/mol. The zero-order valence-corrected chi connectivity index (χ0v) is 16.8. The van der Waals surface area contributed by atoms with Gasteiger partial charge in [-0.05, 0) is 31.0 Å². The van der Waals surface area contributed by atoms with Gasteiger partial charge in [-0.25, -0.2) is 0 Å². The van der Waals surface area contributed by atoms with E-state index in [9.17, 15) is 4.79 Å². The van der Waals surface area contributed by atoms with Crippen LogP contribution in [0.15, 0.2) is 66.4 Å². The van der Waals surface area contributed by atoms with Crippen molar-refractivity contribution < 1.29 is 30.0 Å². The van der Waals surface area contributed by atoms with Crippen LogP contribution in [0.1, 0.15) is 19.4 Å². The summed E-state index contributed by atoms with van der Waals surface area (Å²) in [5.74, 6) is -0.0625. The summed E-state index contributed by atoms with van der Waals surface area (Å²) < 4.78 is 0. The van der Waals surface area contributed by atoms with Gasteiger partial charge in [0.25, 0.3) is 0 Å². The van der Waals surface area contributed by atoms with Gasteiger partial charge < -0.3 is 5.11 Å². The van der Waals surface area contributed by atoms with Crippen molar-refractivity contribution in [1.29, 1.82) is 0 Å². The number of pyridine rings is 1. The standard InChI is InChI=1S/C16H12N.C5H8O2.Ir/c1-12-5-4-7-14(11-12)16-10-9-13-6-2-3-8-15(13)17-16;1-4(6)3-5(2)7;/h2-6,8-11H,1H3;3,6H,1-2H3;/q-1;;. The van der Waals surface area contributed by atoms with Crippen LogP contribution in [-0.4, -0.2) is 15.9 Å². The fourth-order valence-electron chi connectivity index (χ4n) is 2.24. The molecular formula is C21H20IrNO2-. The van der Waals surface area contributed by atoms with Crippen LogP contribution in [0.2, 0.25) is 0 Å². The van der Waals surface area contributed by atoms with Crippen LogP contribution in [-0.2, 0) is 24.9 Å². The average molecular weight is 511 g/mol. The summed E-state index contributed by atoms with van der Waals surface area (Å²) in [5.41, 5.74) is 4.29. The van der Waals surface area contributed by atoms with E-state index < -0.39 is 0 Å². The smallest absolute Gasteiger partial charge is 0.155 e. The maximum Gasteiger partial charge on any atom is 0.155 e. The number of aliphatic hydroxyl groups excluding tert-OH is 1. The Morgan fingerprint density at radius 3 is 2.44 bits per heavy atom. The number of nitrogens with zero attached hydrogens (tertiary/aromatic N) is 1. The maximum atomic E-state index is 10.0. The fourth-order valence-corrected chi connectivity index (χ4v) is 2.24. The number of hydrogen-bond acceptors (Lipinski definition) is 3. The number of aliphatic hydroxyl groups is 1. The third-order valence-corrected chi connectivity index (χ3v) is 3.24. The minimum atomic E-state index is -0.125. The summed E-state index contributed by atoms with van der Waals surface area (Å²) in [4.78, 5) is 14.7. The Hall–Kier alpha value is -2.29. The molecule has 1 heterocycles. The number of aromatic nitrogens is 1. The number of fused-ring (bicyclic) bond motifs is 1. The van der Waals surface area contributed by atoms with Crippen LogP contribution in [0.4, 0.5) is 0 Å². The molecular weight excluding hydrogens is 490 g/mol. The van der Waals surface area contributed by atoms with Crippen molar-refractivity contribution in [3.8, 4) is 11.3 Å². The van der Waals surface area contributed by atoms with Gasteiger partial charge in [0.15, 0.2) is 5.78 Å². The first kappa shape index (κ1) is 20.8. The van der Waals surface area contributed by atoms with E-state index in [1.54, 1.807) is 0 Å².